The van der Waals surface area contributed by atoms with E-state index in [1.54, 1.807) is 11.3 Å². The van der Waals surface area contributed by atoms with Crippen LogP contribution in [0.4, 0.5) is 0 Å². The number of nitrogens with zero attached hydrogens (tertiary/aromatic N) is 4. The molecule has 0 aliphatic rings. The lowest BCUT2D eigenvalue weighted by Gasteiger charge is -2.13. The SMILES string of the molecule is Cc1nnc(CN(C)Cc2nc3ccsc3c(=O)[nH]2)s1. The summed E-state index contributed by atoms with van der Waals surface area (Å²) >= 11 is 2.99. The van der Waals surface area contributed by atoms with Crippen LogP contribution in [0.3, 0.4) is 0 Å². The van der Waals surface area contributed by atoms with Crippen molar-refractivity contribution in [2.24, 2.45) is 0 Å². The average Bonchev–Trinajstić information content (AvgIpc) is 2.98. The van der Waals surface area contributed by atoms with Crippen molar-refractivity contribution in [3.63, 3.8) is 0 Å². The van der Waals surface area contributed by atoms with Crippen LogP contribution in [-0.2, 0) is 13.1 Å². The van der Waals surface area contributed by atoms with Crippen LogP contribution in [0.15, 0.2) is 16.2 Å². The number of thiophene rings is 1. The topological polar surface area (TPSA) is 74.8 Å². The van der Waals surface area contributed by atoms with Gasteiger partial charge in [-0.25, -0.2) is 4.98 Å². The summed E-state index contributed by atoms with van der Waals surface area (Å²) in [5.41, 5.74) is 0.689. The number of H-pyrrole nitrogens is 1. The molecule has 0 unspecified atom stereocenters. The van der Waals surface area contributed by atoms with E-state index in [2.05, 4.69) is 25.1 Å². The van der Waals surface area contributed by atoms with Crippen LogP contribution in [0.5, 0.6) is 0 Å². The molecule has 3 heterocycles. The molecule has 8 heteroatoms. The van der Waals surface area contributed by atoms with Gasteiger partial charge in [0, 0.05) is 0 Å². The Morgan fingerprint density at radius 3 is 2.95 bits per heavy atom. The van der Waals surface area contributed by atoms with Gasteiger partial charge < -0.3 is 4.98 Å². The summed E-state index contributed by atoms with van der Waals surface area (Å²) < 4.78 is 0.677. The zero-order chi connectivity index (χ0) is 14.1. The van der Waals surface area contributed by atoms with Crippen LogP contribution in [0.25, 0.3) is 10.2 Å². The maximum absolute atomic E-state index is 11.9. The van der Waals surface area contributed by atoms with Gasteiger partial charge in [0.15, 0.2) is 0 Å². The Kier molecular flexibility index (Phi) is 3.60. The number of hydrogen-bond donors (Lipinski definition) is 1. The third-order valence-electron chi connectivity index (χ3n) is 2.76. The summed E-state index contributed by atoms with van der Waals surface area (Å²) in [5, 5.41) is 11.9. The van der Waals surface area contributed by atoms with Gasteiger partial charge in [-0.3, -0.25) is 9.69 Å². The van der Waals surface area contributed by atoms with E-state index in [9.17, 15) is 4.79 Å². The number of rotatable bonds is 4. The van der Waals surface area contributed by atoms with E-state index in [-0.39, 0.29) is 5.56 Å². The molecule has 0 saturated heterocycles. The number of aromatic amines is 1. The van der Waals surface area contributed by atoms with E-state index < -0.39 is 0 Å². The van der Waals surface area contributed by atoms with E-state index >= 15 is 0 Å². The first-order valence-electron chi connectivity index (χ1n) is 6.06. The van der Waals surface area contributed by atoms with Gasteiger partial charge in [0.2, 0.25) is 0 Å². The Morgan fingerprint density at radius 2 is 2.20 bits per heavy atom. The normalized spacial score (nSPS) is 11.6. The van der Waals surface area contributed by atoms with Crippen LogP contribution in [0.2, 0.25) is 0 Å². The van der Waals surface area contributed by atoms with E-state index in [0.717, 1.165) is 15.5 Å². The monoisotopic (exact) mass is 307 g/mol. The number of nitrogens with one attached hydrogen (secondary N) is 1. The van der Waals surface area contributed by atoms with Gasteiger partial charge in [0.25, 0.3) is 5.56 Å². The molecule has 0 aliphatic heterocycles. The van der Waals surface area contributed by atoms with Gasteiger partial charge in [-0.05, 0) is 25.4 Å². The Balaban J connectivity index is 1.76. The standard InChI is InChI=1S/C12H13N5OS2/c1-7-15-16-10(20-7)6-17(2)5-9-13-8-3-4-19-11(8)12(18)14-9/h3-4H,5-6H2,1-2H3,(H,13,14,18). The second-order valence-corrected chi connectivity index (χ2v) is 6.72. The Hall–Kier alpha value is -1.64. The minimum Gasteiger partial charge on any atom is -0.308 e. The molecule has 0 saturated carbocycles. The molecule has 0 bridgehead atoms. The molecule has 3 aromatic rings. The largest absolute Gasteiger partial charge is 0.308 e. The molecule has 0 radical (unpaired) electrons. The van der Waals surface area contributed by atoms with E-state index in [0.29, 0.717) is 23.6 Å². The maximum atomic E-state index is 11.9. The smallest absolute Gasteiger partial charge is 0.268 e. The van der Waals surface area contributed by atoms with Crippen LogP contribution in [-0.4, -0.2) is 32.1 Å². The van der Waals surface area contributed by atoms with Crippen molar-refractivity contribution in [3.05, 3.63) is 37.6 Å². The molecule has 20 heavy (non-hydrogen) atoms. The minimum atomic E-state index is -0.0693. The van der Waals surface area contributed by atoms with Gasteiger partial charge in [0.1, 0.15) is 20.5 Å². The third-order valence-corrected chi connectivity index (χ3v) is 4.48. The third kappa shape index (κ3) is 2.77. The first-order chi connectivity index (χ1) is 9.61. The predicted molar refractivity (Wildman–Crippen MR) is 80.1 cm³/mol. The summed E-state index contributed by atoms with van der Waals surface area (Å²) in [6, 6.07) is 1.87. The van der Waals surface area contributed by atoms with Crippen molar-refractivity contribution in [1.82, 2.24) is 25.1 Å². The van der Waals surface area contributed by atoms with Gasteiger partial charge >= 0.3 is 0 Å². The highest BCUT2D eigenvalue weighted by molar-refractivity contribution is 7.17. The van der Waals surface area contributed by atoms with Gasteiger partial charge in [-0.1, -0.05) is 0 Å². The van der Waals surface area contributed by atoms with E-state index in [1.807, 2.05) is 25.4 Å². The average molecular weight is 307 g/mol. The van der Waals surface area contributed by atoms with E-state index in [4.69, 9.17) is 0 Å². The Bertz CT molecular complexity index is 790. The van der Waals surface area contributed by atoms with Crippen molar-refractivity contribution in [2.45, 2.75) is 20.0 Å². The Morgan fingerprint density at radius 1 is 1.35 bits per heavy atom. The second-order valence-electron chi connectivity index (χ2n) is 4.53. The zero-order valence-corrected chi connectivity index (χ0v) is 12.7. The number of aromatic nitrogens is 4. The molecule has 1 N–H and O–H groups in total. The number of fused-ring (bicyclic) bond motifs is 1. The molecule has 3 aromatic heterocycles. The highest BCUT2D eigenvalue weighted by Gasteiger charge is 2.09. The number of hydrogen-bond acceptors (Lipinski definition) is 7. The fraction of sp³-hybridized carbons (Fsp3) is 0.333. The molecule has 0 aromatic carbocycles. The summed E-state index contributed by atoms with van der Waals surface area (Å²) in [5.74, 6) is 0.671. The highest BCUT2D eigenvalue weighted by atomic mass is 32.1. The molecule has 0 fully saturated rings. The lowest BCUT2D eigenvalue weighted by molar-refractivity contribution is 0.309. The first kappa shape index (κ1) is 13.3. The molecule has 0 atom stereocenters. The summed E-state index contributed by atoms with van der Waals surface area (Å²) in [6.45, 7) is 3.20. The van der Waals surface area contributed by atoms with Crippen molar-refractivity contribution < 1.29 is 0 Å². The number of aryl methyl sites for hydroxylation is 1. The fourth-order valence-electron chi connectivity index (χ4n) is 1.94. The van der Waals surface area contributed by atoms with Crippen molar-refractivity contribution in [3.8, 4) is 0 Å². The molecule has 0 amide bonds. The van der Waals surface area contributed by atoms with Gasteiger partial charge in [0.05, 0.1) is 18.6 Å². The maximum Gasteiger partial charge on any atom is 0.268 e. The van der Waals surface area contributed by atoms with Crippen LogP contribution < -0.4 is 5.56 Å². The van der Waals surface area contributed by atoms with Gasteiger partial charge in [-0.2, -0.15) is 0 Å². The van der Waals surface area contributed by atoms with Crippen LogP contribution >= 0.6 is 22.7 Å². The lowest BCUT2D eigenvalue weighted by Crippen LogP contribution is -2.21. The van der Waals surface area contributed by atoms with Gasteiger partial charge in [-0.15, -0.1) is 32.9 Å². The molecular weight excluding hydrogens is 294 g/mol. The predicted octanol–water partition coefficient (Wildman–Crippen LogP) is 1.78. The summed E-state index contributed by atoms with van der Waals surface area (Å²) in [7, 11) is 1.97. The molecule has 0 aliphatic carbocycles. The Labute approximate surface area is 123 Å². The quantitative estimate of drug-likeness (QED) is 0.795. The van der Waals surface area contributed by atoms with Crippen LogP contribution in [0.1, 0.15) is 15.8 Å². The molecule has 0 spiro atoms. The lowest BCUT2D eigenvalue weighted by atomic mass is 10.4. The molecule has 6 nitrogen and oxygen atoms in total. The first-order valence-corrected chi connectivity index (χ1v) is 7.75. The van der Waals surface area contributed by atoms with Crippen LogP contribution in [0, 0.1) is 6.92 Å². The summed E-state index contributed by atoms with van der Waals surface area (Å²) in [4.78, 5) is 21.2. The molecule has 3 rings (SSSR count). The zero-order valence-electron chi connectivity index (χ0n) is 11.1. The molecular formula is C12H13N5OS2. The van der Waals surface area contributed by atoms with Crippen molar-refractivity contribution >= 4 is 32.9 Å². The van der Waals surface area contributed by atoms with Crippen molar-refractivity contribution in [1.29, 1.82) is 0 Å². The minimum absolute atomic E-state index is 0.0693. The summed E-state index contributed by atoms with van der Waals surface area (Å²) in [6.07, 6.45) is 0. The van der Waals surface area contributed by atoms with Crippen molar-refractivity contribution in [2.75, 3.05) is 7.05 Å². The van der Waals surface area contributed by atoms with E-state index in [1.165, 1.54) is 11.3 Å². The molecule has 104 valence electrons. The highest BCUT2D eigenvalue weighted by Crippen LogP contribution is 2.15. The fourth-order valence-corrected chi connectivity index (χ4v) is 3.46. The second kappa shape index (κ2) is 5.39.